The van der Waals surface area contributed by atoms with Gasteiger partial charge in [-0.2, -0.15) is 0 Å². The number of piperazine rings is 1. The molecule has 1 unspecified atom stereocenters. The average molecular weight is 211 g/mol. The van der Waals surface area contributed by atoms with Crippen LogP contribution in [0.3, 0.4) is 0 Å². The Labute approximate surface area is 93.8 Å². The van der Waals surface area contributed by atoms with Gasteiger partial charge >= 0.3 is 0 Å². The molecule has 0 aliphatic carbocycles. The first-order chi connectivity index (χ1) is 7.31. The second-order valence-electron chi connectivity index (χ2n) is 5.03. The quantitative estimate of drug-likeness (QED) is 0.741. The number of hydrogen-bond acceptors (Lipinski definition) is 3. The van der Waals surface area contributed by atoms with Gasteiger partial charge < -0.3 is 5.32 Å². The molecule has 2 fully saturated rings. The zero-order chi connectivity index (χ0) is 10.7. The van der Waals surface area contributed by atoms with E-state index in [2.05, 4.69) is 29.0 Å². The fourth-order valence-corrected chi connectivity index (χ4v) is 2.73. The summed E-state index contributed by atoms with van der Waals surface area (Å²) < 4.78 is 0. The van der Waals surface area contributed by atoms with Gasteiger partial charge in [-0.1, -0.05) is 13.3 Å². The molecular weight excluding hydrogens is 186 g/mol. The average Bonchev–Trinajstić information content (AvgIpc) is 2.17. The van der Waals surface area contributed by atoms with Crippen LogP contribution in [0.25, 0.3) is 0 Å². The first-order valence-electron chi connectivity index (χ1n) is 6.50. The lowest BCUT2D eigenvalue weighted by atomic mass is 10.0. The minimum absolute atomic E-state index is 0.800. The number of likely N-dealkylation sites (tertiary alicyclic amines) is 1. The number of hydrogen-bond donors (Lipinski definition) is 1. The van der Waals surface area contributed by atoms with Gasteiger partial charge in [0.15, 0.2) is 0 Å². The maximum Gasteiger partial charge on any atom is 0.0351 e. The van der Waals surface area contributed by atoms with Crippen molar-refractivity contribution in [1.29, 1.82) is 0 Å². The van der Waals surface area contributed by atoms with Crippen LogP contribution in [0.5, 0.6) is 0 Å². The Kier molecular flexibility index (Phi) is 4.00. The molecule has 0 aromatic rings. The van der Waals surface area contributed by atoms with E-state index in [1.807, 2.05) is 0 Å². The van der Waals surface area contributed by atoms with Crippen molar-refractivity contribution in [1.82, 2.24) is 15.1 Å². The number of rotatable bonds is 4. The molecule has 2 aliphatic rings. The van der Waals surface area contributed by atoms with Crippen LogP contribution in [0.2, 0.25) is 0 Å². The zero-order valence-corrected chi connectivity index (χ0v) is 10.2. The van der Waals surface area contributed by atoms with Gasteiger partial charge in [0.25, 0.3) is 0 Å². The van der Waals surface area contributed by atoms with Crippen molar-refractivity contribution in [3.63, 3.8) is 0 Å². The highest BCUT2D eigenvalue weighted by molar-refractivity contribution is 4.91. The van der Waals surface area contributed by atoms with E-state index in [1.165, 1.54) is 52.1 Å². The first-order valence-corrected chi connectivity index (χ1v) is 6.50. The maximum atomic E-state index is 3.42. The molecule has 0 saturated carbocycles. The Morgan fingerprint density at radius 3 is 2.53 bits per heavy atom. The van der Waals surface area contributed by atoms with Gasteiger partial charge in [0.05, 0.1) is 0 Å². The van der Waals surface area contributed by atoms with Gasteiger partial charge in [0, 0.05) is 51.4 Å². The molecule has 2 heterocycles. The Morgan fingerprint density at radius 2 is 1.93 bits per heavy atom. The molecule has 2 aliphatic heterocycles. The Morgan fingerprint density at radius 1 is 1.27 bits per heavy atom. The molecule has 3 nitrogen and oxygen atoms in total. The van der Waals surface area contributed by atoms with E-state index in [1.54, 1.807) is 0 Å². The molecule has 3 heteroatoms. The predicted octanol–water partition coefficient (Wildman–Crippen LogP) is 0.764. The van der Waals surface area contributed by atoms with Crippen molar-refractivity contribution in [2.75, 3.05) is 39.3 Å². The highest BCUT2D eigenvalue weighted by Crippen LogP contribution is 2.20. The molecule has 0 amide bonds. The third-order valence-electron chi connectivity index (χ3n) is 3.89. The van der Waals surface area contributed by atoms with Gasteiger partial charge in [-0.3, -0.25) is 9.80 Å². The van der Waals surface area contributed by atoms with E-state index in [9.17, 15) is 0 Å². The fraction of sp³-hybridized carbons (Fsp3) is 1.00. The summed E-state index contributed by atoms with van der Waals surface area (Å²) >= 11 is 0. The lowest BCUT2D eigenvalue weighted by Crippen LogP contribution is -2.64. The van der Waals surface area contributed by atoms with Gasteiger partial charge in [-0.25, -0.2) is 0 Å². The Balaban J connectivity index is 1.68. The number of nitrogens with zero attached hydrogens (tertiary/aromatic N) is 2. The molecule has 0 bridgehead atoms. The highest BCUT2D eigenvalue weighted by Gasteiger charge is 2.34. The molecular formula is C12H25N3. The van der Waals surface area contributed by atoms with Gasteiger partial charge in [0.1, 0.15) is 0 Å². The SMILES string of the molecule is CCCC(C)N1CC(N2CCNCC2)C1. The standard InChI is InChI=1S/C12H25N3/c1-3-4-11(2)15-9-12(10-15)14-7-5-13-6-8-14/h11-13H,3-10H2,1-2H3. The molecule has 2 saturated heterocycles. The van der Waals surface area contributed by atoms with Crippen LogP contribution in [0, 0.1) is 0 Å². The Hall–Kier alpha value is -0.120. The van der Waals surface area contributed by atoms with Crippen LogP contribution in [0.1, 0.15) is 26.7 Å². The van der Waals surface area contributed by atoms with Crippen molar-refractivity contribution < 1.29 is 0 Å². The summed E-state index contributed by atoms with van der Waals surface area (Å²) in [7, 11) is 0. The maximum absolute atomic E-state index is 3.42. The van der Waals surface area contributed by atoms with Crippen molar-refractivity contribution in [2.24, 2.45) is 0 Å². The summed E-state index contributed by atoms with van der Waals surface area (Å²) in [5.74, 6) is 0. The van der Waals surface area contributed by atoms with E-state index in [0.717, 1.165) is 12.1 Å². The monoisotopic (exact) mass is 211 g/mol. The van der Waals surface area contributed by atoms with E-state index < -0.39 is 0 Å². The molecule has 2 rings (SSSR count). The zero-order valence-electron chi connectivity index (χ0n) is 10.2. The number of nitrogens with one attached hydrogen (secondary N) is 1. The molecule has 0 spiro atoms. The van der Waals surface area contributed by atoms with Gasteiger partial charge in [-0.15, -0.1) is 0 Å². The summed E-state index contributed by atoms with van der Waals surface area (Å²) in [5.41, 5.74) is 0. The molecule has 15 heavy (non-hydrogen) atoms. The predicted molar refractivity (Wildman–Crippen MR) is 64.2 cm³/mol. The fourth-order valence-electron chi connectivity index (χ4n) is 2.73. The molecule has 88 valence electrons. The van der Waals surface area contributed by atoms with Crippen molar-refractivity contribution in [3.8, 4) is 0 Å². The van der Waals surface area contributed by atoms with Crippen LogP contribution in [-0.4, -0.2) is 61.2 Å². The van der Waals surface area contributed by atoms with Crippen LogP contribution < -0.4 is 5.32 Å². The van der Waals surface area contributed by atoms with Crippen molar-refractivity contribution >= 4 is 0 Å². The van der Waals surface area contributed by atoms with Crippen LogP contribution in [0.4, 0.5) is 0 Å². The lowest BCUT2D eigenvalue weighted by Gasteiger charge is -2.49. The molecule has 1 N–H and O–H groups in total. The van der Waals surface area contributed by atoms with E-state index in [0.29, 0.717) is 0 Å². The van der Waals surface area contributed by atoms with Gasteiger partial charge in [-0.05, 0) is 13.3 Å². The summed E-state index contributed by atoms with van der Waals surface area (Å²) in [6.45, 7) is 12.1. The van der Waals surface area contributed by atoms with Crippen LogP contribution in [-0.2, 0) is 0 Å². The second-order valence-corrected chi connectivity index (χ2v) is 5.03. The smallest absolute Gasteiger partial charge is 0.0351 e. The summed E-state index contributed by atoms with van der Waals surface area (Å²) in [6.07, 6.45) is 2.67. The molecule has 0 radical (unpaired) electrons. The molecule has 0 aromatic carbocycles. The third-order valence-corrected chi connectivity index (χ3v) is 3.89. The highest BCUT2D eigenvalue weighted by atomic mass is 15.3. The second kappa shape index (κ2) is 5.28. The Bertz CT molecular complexity index is 183. The summed E-state index contributed by atoms with van der Waals surface area (Å²) in [4.78, 5) is 5.29. The van der Waals surface area contributed by atoms with Gasteiger partial charge in [0.2, 0.25) is 0 Å². The third kappa shape index (κ3) is 2.71. The summed E-state index contributed by atoms with van der Waals surface area (Å²) in [6, 6.07) is 1.65. The molecule has 1 atom stereocenters. The first kappa shape index (κ1) is 11.4. The van der Waals surface area contributed by atoms with E-state index in [4.69, 9.17) is 0 Å². The van der Waals surface area contributed by atoms with Crippen LogP contribution in [0.15, 0.2) is 0 Å². The van der Waals surface area contributed by atoms with E-state index in [-0.39, 0.29) is 0 Å². The minimum Gasteiger partial charge on any atom is -0.314 e. The van der Waals surface area contributed by atoms with E-state index >= 15 is 0 Å². The van der Waals surface area contributed by atoms with Crippen molar-refractivity contribution in [3.05, 3.63) is 0 Å². The van der Waals surface area contributed by atoms with Crippen LogP contribution >= 0.6 is 0 Å². The van der Waals surface area contributed by atoms with Crippen molar-refractivity contribution in [2.45, 2.75) is 38.8 Å². The molecule has 0 aromatic heterocycles. The largest absolute Gasteiger partial charge is 0.314 e. The summed E-state index contributed by atoms with van der Waals surface area (Å²) in [5, 5.41) is 3.42. The lowest BCUT2D eigenvalue weighted by molar-refractivity contribution is 0.00201. The topological polar surface area (TPSA) is 18.5 Å². The minimum atomic E-state index is 0.800. The normalized spacial score (nSPS) is 27.6.